The highest BCUT2D eigenvalue weighted by Crippen LogP contribution is 2.25. The van der Waals surface area contributed by atoms with Gasteiger partial charge in [-0.15, -0.1) is 0 Å². The molecule has 1 unspecified atom stereocenters. The number of aromatic nitrogens is 5. The molecule has 0 aliphatic heterocycles. The molecule has 8 nitrogen and oxygen atoms in total. The second-order valence-corrected chi connectivity index (χ2v) is 9.45. The van der Waals surface area contributed by atoms with Crippen molar-refractivity contribution >= 4 is 23.1 Å². The van der Waals surface area contributed by atoms with Crippen LogP contribution in [0.1, 0.15) is 56.6 Å². The number of nitrogens with zero attached hydrogens (tertiary/aromatic N) is 5. The van der Waals surface area contributed by atoms with Crippen molar-refractivity contribution in [3.8, 4) is 5.88 Å². The molecule has 0 saturated heterocycles. The summed E-state index contributed by atoms with van der Waals surface area (Å²) < 4.78 is 12.5. The smallest absolute Gasteiger partial charge is 0.308 e. The summed E-state index contributed by atoms with van der Waals surface area (Å²) in [6, 6.07) is 13.2. The van der Waals surface area contributed by atoms with Crippen LogP contribution in [0.5, 0.6) is 5.88 Å². The third-order valence-electron chi connectivity index (χ3n) is 5.46. The molecule has 0 radical (unpaired) electrons. The molecule has 0 saturated carbocycles. The average molecular weight is 486 g/mol. The Hall–Kier alpha value is -4.07. The molecule has 0 aromatic carbocycles. The van der Waals surface area contributed by atoms with E-state index in [0.717, 1.165) is 40.8 Å². The molecule has 186 valence electrons. The molecular weight excluding hydrogens is 454 g/mol. The molecule has 0 amide bonds. The lowest BCUT2D eigenvalue weighted by Gasteiger charge is -2.22. The monoisotopic (exact) mass is 485 g/mol. The van der Waals surface area contributed by atoms with Gasteiger partial charge in [-0.1, -0.05) is 6.08 Å². The minimum atomic E-state index is -0.562. The number of hydrogen-bond donors (Lipinski definition) is 0. The Balaban J connectivity index is 1.45. The number of pyridine rings is 3. The Labute approximate surface area is 211 Å². The van der Waals surface area contributed by atoms with Gasteiger partial charge in [-0.3, -0.25) is 9.48 Å². The van der Waals surface area contributed by atoms with Crippen LogP contribution in [0.25, 0.3) is 17.1 Å². The van der Waals surface area contributed by atoms with Crippen LogP contribution >= 0.6 is 0 Å². The first-order valence-corrected chi connectivity index (χ1v) is 11.9. The zero-order chi connectivity index (χ0) is 25.5. The van der Waals surface area contributed by atoms with Crippen molar-refractivity contribution < 1.29 is 14.3 Å². The minimum Gasteiger partial charge on any atom is -0.481 e. The van der Waals surface area contributed by atoms with E-state index in [1.807, 2.05) is 63.4 Å². The first kappa shape index (κ1) is 25.0. The second-order valence-electron chi connectivity index (χ2n) is 9.45. The molecule has 4 aromatic rings. The van der Waals surface area contributed by atoms with Gasteiger partial charge in [0.25, 0.3) is 0 Å². The molecule has 0 aliphatic carbocycles. The molecule has 0 bridgehead atoms. The van der Waals surface area contributed by atoms with Crippen molar-refractivity contribution in [2.45, 2.75) is 51.7 Å². The second kappa shape index (κ2) is 11.1. The molecular formula is C28H31N5O3. The summed E-state index contributed by atoms with van der Waals surface area (Å²) in [6.07, 6.45) is 11.2. The van der Waals surface area contributed by atoms with Gasteiger partial charge in [0, 0.05) is 35.7 Å². The SMILES string of the molecule is COc1ccc(C(CC(=O)OC(C)(C)C)n2ccc(/C=C/CCc3ccc4cccnc4n3)n2)cn1. The van der Waals surface area contributed by atoms with Gasteiger partial charge in [-0.25, -0.2) is 15.0 Å². The summed E-state index contributed by atoms with van der Waals surface area (Å²) in [5.41, 5.74) is 2.85. The van der Waals surface area contributed by atoms with Crippen LogP contribution in [0.3, 0.4) is 0 Å². The van der Waals surface area contributed by atoms with Crippen LogP contribution in [0.2, 0.25) is 0 Å². The van der Waals surface area contributed by atoms with Crippen molar-refractivity contribution in [1.29, 1.82) is 0 Å². The van der Waals surface area contributed by atoms with Crippen LogP contribution in [0, 0.1) is 0 Å². The molecule has 0 fully saturated rings. The van der Waals surface area contributed by atoms with Crippen LogP contribution in [-0.2, 0) is 16.0 Å². The first-order valence-electron chi connectivity index (χ1n) is 11.9. The van der Waals surface area contributed by atoms with Gasteiger partial charge < -0.3 is 9.47 Å². The highest BCUT2D eigenvalue weighted by atomic mass is 16.6. The molecule has 0 N–H and O–H groups in total. The number of ether oxygens (including phenoxy) is 2. The summed E-state index contributed by atoms with van der Waals surface area (Å²) in [4.78, 5) is 25.9. The van der Waals surface area contributed by atoms with Gasteiger partial charge in [-0.2, -0.15) is 5.10 Å². The Bertz CT molecular complexity index is 1340. The number of methoxy groups -OCH3 is 1. The van der Waals surface area contributed by atoms with E-state index in [1.54, 1.807) is 30.3 Å². The Morgan fingerprint density at radius 3 is 2.72 bits per heavy atom. The molecule has 36 heavy (non-hydrogen) atoms. The number of allylic oxidation sites excluding steroid dienone is 1. The maximum atomic E-state index is 12.6. The van der Waals surface area contributed by atoms with E-state index in [0.29, 0.717) is 5.88 Å². The number of rotatable bonds is 9. The Morgan fingerprint density at radius 2 is 1.97 bits per heavy atom. The summed E-state index contributed by atoms with van der Waals surface area (Å²) in [5, 5.41) is 5.74. The predicted molar refractivity (Wildman–Crippen MR) is 139 cm³/mol. The fourth-order valence-corrected chi connectivity index (χ4v) is 3.80. The molecule has 4 heterocycles. The third kappa shape index (κ3) is 6.75. The number of aryl methyl sites for hydroxylation is 1. The Morgan fingerprint density at radius 1 is 1.11 bits per heavy atom. The first-order chi connectivity index (χ1) is 17.3. The number of fused-ring (bicyclic) bond motifs is 1. The summed E-state index contributed by atoms with van der Waals surface area (Å²) in [6.45, 7) is 5.57. The van der Waals surface area contributed by atoms with E-state index in [2.05, 4.69) is 27.1 Å². The molecule has 8 heteroatoms. The van der Waals surface area contributed by atoms with Crippen molar-refractivity contribution in [2.24, 2.45) is 0 Å². The topological polar surface area (TPSA) is 92.0 Å². The number of carbonyl (C=O) groups excluding carboxylic acids is 1. The molecule has 0 aliphatic rings. The lowest BCUT2D eigenvalue weighted by Crippen LogP contribution is -2.26. The number of hydrogen-bond acceptors (Lipinski definition) is 7. The van der Waals surface area contributed by atoms with Crippen molar-refractivity contribution in [3.05, 3.63) is 84.1 Å². The number of esters is 1. The van der Waals surface area contributed by atoms with Gasteiger partial charge in [0.2, 0.25) is 5.88 Å². The fraction of sp³-hybridized carbons (Fsp3) is 0.321. The van der Waals surface area contributed by atoms with Crippen molar-refractivity contribution in [1.82, 2.24) is 24.7 Å². The van der Waals surface area contributed by atoms with Gasteiger partial charge in [0.05, 0.1) is 25.3 Å². The van der Waals surface area contributed by atoms with Crippen molar-refractivity contribution in [3.63, 3.8) is 0 Å². The third-order valence-corrected chi connectivity index (χ3v) is 5.46. The Kier molecular flexibility index (Phi) is 7.73. The summed E-state index contributed by atoms with van der Waals surface area (Å²) in [7, 11) is 1.57. The highest BCUT2D eigenvalue weighted by Gasteiger charge is 2.24. The van der Waals surface area contributed by atoms with E-state index in [-0.39, 0.29) is 18.4 Å². The van der Waals surface area contributed by atoms with E-state index < -0.39 is 5.60 Å². The minimum absolute atomic E-state index is 0.137. The molecule has 0 spiro atoms. The van der Waals surface area contributed by atoms with Gasteiger partial charge in [0.1, 0.15) is 5.60 Å². The maximum Gasteiger partial charge on any atom is 0.308 e. The normalized spacial score (nSPS) is 12.7. The molecule has 4 rings (SSSR count). The predicted octanol–water partition coefficient (Wildman–Crippen LogP) is 5.20. The van der Waals surface area contributed by atoms with E-state index in [4.69, 9.17) is 14.6 Å². The van der Waals surface area contributed by atoms with Gasteiger partial charge >= 0.3 is 5.97 Å². The summed E-state index contributed by atoms with van der Waals surface area (Å²) in [5.74, 6) is 0.212. The standard InChI is InChI=1S/C28H31N5O3/c1-28(2,3)36-26(34)18-24(21-12-14-25(35-4)30-19-21)33-17-15-23(32-33)10-6-5-9-22-13-11-20-8-7-16-29-27(20)31-22/h6-8,10-17,19,24H,5,9,18H2,1-4H3/b10-6+. The maximum absolute atomic E-state index is 12.6. The highest BCUT2D eigenvalue weighted by molar-refractivity contribution is 5.74. The van der Waals surface area contributed by atoms with E-state index >= 15 is 0 Å². The zero-order valence-corrected chi connectivity index (χ0v) is 21.1. The van der Waals surface area contributed by atoms with Crippen LogP contribution in [0.15, 0.2) is 67.1 Å². The van der Waals surface area contributed by atoms with Crippen LogP contribution < -0.4 is 4.74 Å². The van der Waals surface area contributed by atoms with Gasteiger partial charge in [-0.05, 0) is 81.7 Å². The quantitative estimate of drug-likeness (QED) is 0.301. The lowest BCUT2D eigenvalue weighted by molar-refractivity contribution is -0.155. The fourth-order valence-electron chi connectivity index (χ4n) is 3.80. The van der Waals surface area contributed by atoms with Gasteiger partial charge in [0.15, 0.2) is 5.65 Å². The zero-order valence-electron chi connectivity index (χ0n) is 21.1. The molecule has 1 atom stereocenters. The van der Waals surface area contributed by atoms with E-state index in [1.165, 1.54) is 0 Å². The van der Waals surface area contributed by atoms with Crippen LogP contribution in [-0.4, -0.2) is 43.4 Å². The van der Waals surface area contributed by atoms with E-state index in [9.17, 15) is 4.79 Å². The van der Waals surface area contributed by atoms with Crippen LogP contribution in [0.4, 0.5) is 0 Å². The van der Waals surface area contributed by atoms with Crippen molar-refractivity contribution in [2.75, 3.05) is 7.11 Å². The average Bonchev–Trinajstić information content (AvgIpc) is 3.33. The lowest BCUT2D eigenvalue weighted by atomic mass is 10.1. The molecule has 4 aromatic heterocycles. The largest absolute Gasteiger partial charge is 0.481 e. The summed E-state index contributed by atoms with van der Waals surface area (Å²) >= 11 is 0. The number of carbonyl (C=O) groups is 1.